The summed E-state index contributed by atoms with van der Waals surface area (Å²) in [6.45, 7) is 0. The molecule has 1 heterocycles. The van der Waals surface area contributed by atoms with Gasteiger partial charge in [0, 0.05) is 5.56 Å². The van der Waals surface area contributed by atoms with Gasteiger partial charge < -0.3 is 4.98 Å². The van der Waals surface area contributed by atoms with Crippen LogP contribution >= 0.6 is 15.9 Å². The molecule has 18 heavy (non-hydrogen) atoms. The minimum absolute atomic E-state index is 0.108. The zero-order valence-corrected chi connectivity index (χ0v) is 10.3. The van der Waals surface area contributed by atoms with Gasteiger partial charge in [0.05, 0.1) is 5.56 Å². The summed E-state index contributed by atoms with van der Waals surface area (Å²) in [7, 11) is 0. The van der Waals surface area contributed by atoms with E-state index in [1.807, 2.05) is 0 Å². The van der Waals surface area contributed by atoms with E-state index in [1.54, 1.807) is 0 Å². The second-order valence-electron chi connectivity index (χ2n) is 3.48. The molecule has 0 spiro atoms. The quantitative estimate of drug-likeness (QED) is 0.859. The maximum absolute atomic E-state index is 12.4. The van der Waals surface area contributed by atoms with Gasteiger partial charge in [-0.3, -0.25) is 4.79 Å². The molecule has 0 atom stereocenters. The monoisotopic (exact) mass is 318 g/mol. The van der Waals surface area contributed by atoms with Gasteiger partial charge in [0.1, 0.15) is 10.3 Å². The first-order chi connectivity index (χ1) is 8.41. The molecular weight excluding hydrogens is 313 g/mol. The van der Waals surface area contributed by atoms with Crippen LogP contribution in [0.1, 0.15) is 16.2 Å². The van der Waals surface area contributed by atoms with E-state index in [0.717, 1.165) is 12.1 Å². The fraction of sp³-hybridized carbons (Fsp3) is 0.0909. The number of H-pyrrole nitrogens is 1. The molecule has 1 aromatic heterocycles. The molecule has 7 heteroatoms. The van der Waals surface area contributed by atoms with Gasteiger partial charge in [-0.15, -0.1) is 0 Å². The van der Waals surface area contributed by atoms with Crippen LogP contribution in [-0.2, 0) is 6.18 Å². The summed E-state index contributed by atoms with van der Waals surface area (Å²) in [4.78, 5) is 17.1. The van der Waals surface area contributed by atoms with Gasteiger partial charge in [0.25, 0.3) is 0 Å². The summed E-state index contributed by atoms with van der Waals surface area (Å²) in [5, 5.41) is 0. The standard InChI is InChI=1S/C11H6BrF3N2O/c12-10-9(16-8(5-18)17-10)6-1-3-7(4-2-6)11(13,14)15/h1-5H,(H,16,17). The van der Waals surface area contributed by atoms with Crippen LogP contribution in [0.5, 0.6) is 0 Å². The molecule has 0 bridgehead atoms. The summed E-state index contributed by atoms with van der Waals surface area (Å²) in [6.07, 6.45) is -3.84. The predicted octanol–water partition coefficient (Wildman–Crippen LogP) is 3.67. The Morgan fingerprint density at radius 1 is 1.22 bits per heavy atom. The molecule has 3 nitrogen and oxygen atoms in total. The molecule has 94 valence electrons. The molecule has 2 rings (SSSR count). The van der Waals surface area contributed by atoms with Gasteiger partial charge >= 0.3 is 6.18 Å². The maximum atomic E-state index is 12.4. The number of nitrogens with one attached hydrogen (secondary N) is 1. The van der Waals surface area contributed by atoms with Crippen LogP contribution in [0, 0.1) is 0 Å². The van der Waals surface area contributed by atoms with Crippen molar-refractivity contribution in [3.63, 3.8) is 0 Å². The molecule has 1 N–H and O–H groups in total. The van der Waals surface area contributed by atoms with E-state index in [-0.39, 0.29) is 5.82 Å². The second kappa shape index (κ2) is 4.56. The van der Waals surface area contributed by atoms with Gasteiger partial charge in [-0.1, -0.05) is 12.1 Å². The third-order valence-electron chi connectivity index (χ3n) is 2.28. The largest absolute Gasteiger partial charge is 0.416 e. The van der Waals surface area contributed by atoms with Gasteiger partial charge in [-0.25, -0.2) is 4.98 Å². The van der Waals surface area contributed by atoms with Crippen LogP contribution < -0.4 is 0 Å². The lowest BCUT2D eigenvalue weighted by Crippen LogP contribution is -2.04. The number of carbonyl (C=O) groups is 1. The van der Waals surface area contributed by atoms with Crippen molar-refractivity contribution in [2.24, 2.45) is 0 Å². The average molecular weight is 319 g/mol. The highest BCUT2D eigenvalue weighted by Crippen LogP contribution is 2.32. The number of aromatic amines is 1. The Bertz CT molecular complexity index is 575. The van der Waals surface area contributed by atoms with Crippen molar-refractivity contribution < 1.29 is 18.0 Å². The van der Waals surface area contributed by atoms with Crippen molar-refractivity contribution in [3.8, 4) is 11.3 Å². The van der Waals surface area contributed by atoms with Gasteiger partial charge in [-0.2, -0.15) is 13.2 Å². The number of nitrogens with zero attached hydrogens (tertiary/aromatic N) is 1. The molecule has 2 aromatic rings. The number of hydrogen-bond donors (Lipinski definition) is 1. The summed E-state index contributed by atoms with van der Waals surface area (Å²) >= 11 is 3.15. The van der Waals surface area contributed by atoms with Gasteiger partial charge in [0.2, 0.25) is 0 Å². The minimum Gasteiger partial charge on any atom is -0.330 e. The van der Waals surface area contributed by atoms with E-state index >= 15 is 0 Å². The Hall–Kier alpha value is -1.63. The number of hydrogen-bond acceptors (Lipinski definition) is 2. The third kappa shape index (κ3) is 2.45. The summed E-state index contributed by atoms with van der Waals surface area (Å²) < 4.78 is 37.6. The third-order valence-corrected chi connectivity index (χ3v) is 2.85. The first-order valence-electron chi connectivity index (χ1n) is 4.80. The Kier molecular flexibility index (Phi) is 3.25. The Morgan fingerprint density at radius 2 is 1.83 bits per heavy atom. The predicted molar refractivity (Wildman–Crippen MR) is 62.1 cm³/mol. The lowest BCUT2D eigenvalue weighted by molar-refractivity contribution is -0.137. The van der Waals surface area contributed by atoms with E-state index in [4.69, 9.17) is 0 Å². The van der Waals surface area contributed by atoms with Crippen LogP contribution in [0.4, 0.5) is 13.2 Å². The fourth-order valence-corrected chi connectivity index (χ4v) is 1.95. The SMILES string of the molecule is O=Cc1nc(-c2ccc(C(F)(F)F)cc2)c(Br)[nH]1. The van der Waals surface area contributed by atoms with E-state index < -0.39 is 11.7 Å². The normalized spacial score (nSPS) is 11.6. The number of aromatic nitrogens is 2. The molecule has 0 amide bonds. The van der Waals surface area contributed by atoms with Crippen molar-refractivity contribution in [1.29, 1.82) is 0 Å². The average Bonchev–Trinajstić information content (AvgIpc) is 2.70. The second-order valence-corrected chi connectivity index (χ2v) is 4.27. The topological polar surface area (TPSA) is 45.8 Å². The van der Waals surface area contributed by atoms with Crippen molar-refractivity contribution in [2.75, 3.05) is 0 Å². The van der Waals surface area contributed by atoms with E-state index in [1.165, 1.54) is 12.1 Å². The number of carbonyl (C=O) groups excluding carboxylic acids is 1. The molecule has 0 aliphatic heterocycles. The van der Waals surface area contributed by atoms with E-state index in [9.17, 15) is 18.0 Å². The molecule has 1 aromatic carbocycles. The zero-order chi connectivity index (χ0) is 13.3. The van der Waals surface area contributed by atoms with E-state index in [0.29, 0.717) is 22.1 Å². The van der Waals surface area contributed by atoms with Crippen LogP contribution in [0.3, 0.4) is 0 Å². The highest BCUT2D eigenvalue weighted by Gasteiger charge is 2.30. The lowest BCUT2D eigenvalue weighted by atomic mass is 10.1. The summed E-state index contributed by atoms with van der Waals surface area (Å²) in [6, 6.07) is 4.55. The number of alkyl halides is 3. The number of benzene rings is 1. The highest BCUT2D eigenvalue weighted by molar-refractivity contribution is 9.10. The lowest BCUT2D eigenvalue weighted by Gasteiger charge is -2.06. The van der Waals surface area contributed by atoms with Gasteiger partial charge in [0.15, 0.2) is 12.1 Å². The van der Waals surface area contributed by atoms with Crippen molar-refractivity contribution >= 4 is 22.2 Å². The smallest absolute Gasteiger partial charge is 0.330 e. The Balaban J connectivity index is 2.40. The first-order valence-corrected chi connectivity index (χ1v) is 5.59. The Labute approximate surface area is 108 Å². The van der Waals surface area contributed by atoms with Crippen LogP contribution in [0.25, 0.3) is 11.3 Å². The van der Waals surface area contributed by atoms with Crippen molar-refractivity contribution in [2.45, 2.75) is 6.18 Å². The maximum Gasteiger partial charge on any atom is 0.416 e. The summed E-state index contributed by atoms with van der Waals surface area (Å²) in [5.74, 6) is 0.108. The van der Waals surface area contributed by atoms with Gasteiger partial charge in [-0.05, 0) is 28.1 Å². The summed E-state index contributed by atoms with van der Waals surface area (Å²) in [5.41, 5.74) is 0.151. The number of halogens is 4. The molecule has 0 unspecified atom stereocenters. The minimum atomic E-state index is -4.37. The number of imidazole rings is 1. The van der Waals surface area contributed by atoms with Crippen LogP contribution in [0.15, 0.2) is 28.9 Å². The highest BCUT2D eigenvalue weighted by atomic mass is 79.9. The van der Waals surface area contributed by atoms with Crippen molar-refractivity contribution in [1.82, 2.24) is 9.97 Å². The molecule has 0 saturated carbocycles. The van der Waals surface area contributed by atoms with Crippen LogP contribution in [0.2, 0.25) is 0 Å². The number of aldehydes is 1. The number of rotatable bonds is 2. The van der Waals surface area contributed by atoms with Crippen molar-refractivity contribution in [3.05, 3.63) is 40.3 Å². The molecular formula is C11H6BrF3N2O. The first kappa shape index (κ1) is 12.8. The molecule has 0 radical (unpaired) electrons. The van der Waals surface area contributed by atoms with Crippen LogP contribution in [-0.4, -0.2) is 16.3 Å². The molecule has 0 saturated heterocycles. The Morgan fingerprint density at radius 3 is 2.28 bits per heavy atom. The molecule has 0 aliphatic rings. The zero-order valence-electron chi connectivity index (χ0n) is 8.75. The molecule has 0 fully saturated rings. The molecule has 0 aliphatic carbocycles. The fourth-order valence-electron chi connectivity index (χ4n) is 1.43. The van der Waals surface area contributed by atoms with E-state index in [2.05, 4.69) is 25.9 Å².